The van der Waals surface area contributed by atoms with Crippen LogP contribution in [-0.4, -0.2) is 40.7 Å². The highest BCUT2D eigenvalue weighted by molar-refractivity contribution is 5.60. The van der Waals surface area contributed by atoms with Crippen LogP contribution in [0.1, 0.15) is 20.3 Å². The summed E-state index contributed by atoms with van der Waals surface area (Å²) in [7, 11) is 5.40. The van der Waals surface area contributed by atoms with E-state index in [9.17, 15) is 9.59 Å². The van der Waals surface area contributed by atoms with Crippen LogP contribution in [0.5, 0.6) is 0 Å². The first-order valence-corrected chi connectivity index (χ1v) is 6.80. The van der Waals surface area contributed by atoms with Crippen molar-refractivity contribution in [1.82, 2.24) is 14.0 Å². The normalized spacial score (nSPS) is 12.7. The minimum atomic E-state index is -0.384. The van der Waals surface area contributed by atoms with Gasteiger partial charge in [0.2, 0.25) is 0 Å². The molecule has 0 saturated heterocycles. The topological polar surface area (TPSA) is 85.3 Å². The molecular weight excluding hydrogens is 258 g/mol. The van der Waals surface area contributed by atoms with Crippen LogP contribution in [0, 0.1) is 0 Å². The number of rotatable bonds is 6. The molecule has 1 unspecified atom stereocenters. The Morgan fingerprint density at radius 3 is 2.45 bits per heavy atom. The van der Waals surface area contributed by atoms with Crippen LogP contribution in [-0.2, 0) is 13.6 Å². The molecule has 0 aliphatic rings. The van der Waals surface area contributed by atoms with Gasteiger partial charge in [0.15, 0.2) is 0 Å². The molecule has 7 heteroatoms. The van der Waals surface area contributed by atoms with E-state index in [1.165, 1.54) is 11.6 Å². The Hall–Kier alpha value is -1.76. The van der Waals surface area contributed by atoms with Crippen LogP contribution < -0.4 is 22.3 Å². The summed E-state index contributed by atoms with van der Waals surface area (Å²) >= 11 is 0. The van der Waals surface area contributed by atoms with Gasteiger partial charge in [0.05, 0.1) is 0 Å². The van der Waals surface area contributed by atoms with Crippen molar-refractivity contribution in [3.63, 3.8) is 0 Å². The van der Waals surface area contributed by atoms with Gasteiger partial charge in [-0.2, -0.15) is 0 Å². The highest BCUT2D eigenvalue weighted by atomic mass is 16.2. The van der Waals surface area contributed by atoms with E-state index in [1.54, 1.807) is 0 Å². The second-order valence-corrected chi connectivity index (χ2v) is 5.25. The van der Waals surface area contributed by atoms with Gasteiger partial charge in [-0.05, 0) is 27.4 Å². The lowest BCUT2D eigenvalue weighted by atomic mass is 10.3. The molecule has 1 rings (SSSR count). The molecule has 1 aromatic heterocycles. The molecule has 0 aromatic carbocycles. The van der Waals surface area contributed by atoms with Crippen LogP contribution in [0.25, 0.3) is 0 Å². The summed E-state index contributed by atoms with van der Waals surface area (Å²) in [6, 6.07) is 0.241. The third-order valence-corrected chi connectivity index (χ3v) is 3.49. The molecule has 3 N–H and O–H groups in total. The molecule has 1 atom stereocenters. The minimum Gasteiger partial charge on any atom is -0.383 e. The zero-order valence-corrected chi connectivity index (χ0v) is 12.9. The zero-order valence-electron chi connectivity index (χ0n) is 12.9. The van der Waals surface area contributed by atoms with E-state index in [0.717, 1.165) is 11.0 Å². The summed E-state index contributed by atoms with van der Waals surface area (Å²) in [5.74, 6) is 0.214. The molecule has 1 aromatic rings. The molecule has 0 aliphatic carbocycles. The SMILES string of the molecule is CCCn1c(N)c(NCC(C)N(C)C)c(=O)n(C)c1=O. The summed E-state index contributed by atoms with van der Waals surface area (Å²) in [6.45, 7) is 5.07. The molecule has 0 saturated carbocycles. The Labute approximate surface area is 119 Å². The summed E-state index contributed by atoms with van der Waals surface area (Å²) in [6.07, 6.45) is 0.774. The van der Waals surface area contributed by atoms with Crippen molar-refractivity contribution in [3.05, 3.63) is 20.8 Å². The van der Waals surface area contributed by atoms with Gasteiger partial charge in [0.25, 0.3) is 5.56 Å². The van der Waals surface area contributed by atoms with Gasteiger partial charge >= 0.3 is 5.69 Å². The number of nitrogens with zero attached hydrogens (tertiary/aromatic N) is 3. The summed E-state index contributed by atoms with van der Waals surface area (Å²) < 4.78 is 2.53. The molecular formula is C13H25N5O2. The number of aromatic nitrogens is 2. The maximum absolute atomic E-state index is 12.1. The number of hydrogen-bond acceptors (Lipinski definition) is 5. The maximum atomic E-state index is 12.1. The fourth-order valence-electron chi connectivity index (χ4n) is 1.82. The Bertz CT molecular complexity index is 573. The second kappa shape index (κ2) is 6.60. The number of nitrogens with two attached hydrogens (primary N) is 1. The molecule has 0 aliphatic heterocycles. The first-order chi connectivity index (χ1) is 9.31. The van der Waals surface area contributed by atoms with Gasteiger partial charge in [-0.25, -0.2) is 4.79 Å². The van der Waals surface area contributed by atoms with E-state index < -0.39 is 0 Å². The number of nitrogen functional groups attached to an aromatic ring is 1. The average Bonchev–Trinajstić information content (AvgIpc) is 2.40. The van der Waals surface area contributed by atoms with Gasteiger partial charge in [-0.1, -0.05) is 6.92 Å². The smallest absolute Gasteiger partial charge is 0.332 e. The third kappa shape index (κ3) is 3.22. The molecule has 0 radical (unpaired) electrons. The predicted molar refractivity (Wildman–Crippen MR) is 82.3 cm³/mol. The standard InChI is InChI=1S/C13H25N5O2/c1-6-7-18-11(14)10(12(19)17(5)13(18)20)15-8-9(2)16(3)4/h9,15H,6-8,14H2,1-5H3. The lowest BCUT2D eigenvalue weighted by molar-refractivity contribution is 0.326. The van der Waals surface area contributed by atoms with E-state index in [0.29, 0.717) is 18.8 Å². The molecule has 7 nitrogen and oxygen atoms in total. The third-order valence-electron chi connectivity index (χ3n) is 3.49. The summed E-state index contributed by atoms with van der Waals surface area (Å²) in [5.41, 5.74) is 5.52. The largest absolute Gasteiger partial charge is 0.383 e. The monoisotopic (exact) mass is 283 g/mol. The van der Waals surface area contributed by atoms with Crippen molar-refractivity contribution < 1.29 is 0 Å². The van der Waals surface area contributed by atoms with E-state index in [4.69, 9.17) is 5.73 Å². The van der Waals surface area contributed by atoms with Crippen LogP contribution in [0.3, 0.4) is 0 Å². The van der Waals surface area contributed by atoms with Gasteiger partial charge < -0.3 is 16.0 Å². The van der Waals surface area contributed by atoms with Crippen molar-refractivity contribution in [2.75, 3.05) is 31.7 Å². The maximum Gasteiger partial charge on any atom is 0.332 e. The lowest BCUT2D eigenvalue weighted by Gasteiger charge is -2.22. The van der Waals surface area contributed by atoms with Gasteiger partial charge in [-0.3, -0.25) is 13.9 Å². The summed E-state index contributed by atoms with van der Waals surface area (Å²) in [4.78, 5) is 26.2. The fraction of sp³-hybridized carbons (Fsp3) is 0.692. The number of likely N-dealkylation sites (N-methyl/N-ethyl adjacent to an activating group) is 1. The highest BCUT2D eigenvalue weighted by Gasteiger charge is 2.15. The van der Waals surface area contributed by atoms with Crippen molar-refractivity contribution in [2.45, 2.75) is 32.9 Å². The number of anilines is 2. The fourth-order valence-corrected chi connectivity index (χ4v) is 1.82. The van der Waals surface area contributed by atoms with E-state index >= 15 is 0 Å². The van der Waals surface area contributed by atoms with Gasteiger partial charge in [-0.15, -0.1) is 0 Å². The average molecular weight is 283 g/mol. The Balaban J connectivity index is 3.19. The molecule has 0 fully saturated rings. The van der Waals surface area contributed by atoms with E-state index in [-0.39, 0.29) is 23.1 Å². The Kier molecular flexibility index (Phi) is 5.38. The molecule has 20 heavy (non-hydrogen) atoms. The van der Waals surface area contributed by atoms with Crippen molar-refractivity contribution in [1.29, 1.82) is 0 Å². The second-order valence-electron chi connectivity index (χ2n) is 5.25. The van der Waals surface area contributed by atoms with Crippen LogP contribution in [0.2, 0.25) is 0 Å². The van der Waals surface area contributed by atoms with Gasteiger partial charge in [0.1, 0.15) is 11.5 Å². The van der Waals surface area contributed by atoms with Crippen LogP contribution in [0.15, 0.2) is 9.59 Å². The first-order valence-electron chi connectivity index (χ1n) is 6.80. The molecule has 1 heterocycles. The van der Waals surface area contributed by atoms with Crippen LogP contribution >= 0.6 is 0 Å². The number of nitrogens with one attached hydrogen (secondary N) is 1. The minimum absolute atomic E-state index is 0.214. The van der Waals surface area contributed by atoms with E-state index in [1.807, 2.05) is 32.8 Å². The first kappa shape index (κ1) is 16.3. The van der Waals surface area contributed by atoms with Crippen molar-refractivity contribution >= 4 is 11.5 Å². The van der Waals surface area contributed by atoms with E-state index in [2.05, 4.69) is 5.32 Å². The molecule has 0 spiro atoms. The van der Waals surface area contributed by atoms with Crippen molar-refractivity contribution in [3.8, 4) is 0 Å². The van der Waals surface area contributed by atoms with Crippen LogP contribution in [0.4, 0.5) is 11.5 Å². The van der Waals surface area contributed by atoms with Crippen molar-refractivity contribution in [2.24, 2.45) is 7.05 Å². The molecule has 0 bridgehead atoms. The number of hydrogen-bond donors (Lipinski definition) is 2. The van der Waals surface area contributed by atoms with Gasteiger partial charge in [0, 0.05) is 26.2 Å². The molecule has 0 amide bonds. The Morgan fingerprint density at radius 2 is 1.95 bits per heavy atom. The summed E-state index contributed by atoms with van der Waals surface area (Å²) in [5, 5.41) is 3.07. The molecule has 114 valence electrons. The highest BCUT2D eigenvalue weighted by Crippen LogP contribution is 2.11. The zero-order chi connectivity index (χ0) is 15.4. The predicted octanol–water partition coefficient (Wildman–Crippen LogP) is -0.0988. The quantitative estimate of drug-likeness (QED) is 0.761. The lowest BCUT2D eigenvalue weighted by Crippen LogP contribution is -2.42. The Morgan fingerprint density at radius 1 is 1.35 bits per heavy atom.